The molecule has 0 aliphatic heterocycles. The topological polar surface area (TPSA) is 107 Å². The lowest BCUT2D eigenvalue weighted by Crippen LogP contribution is -2.25. The molecular formula is C30H24F3N3O4. The van der Waals surface area contributed by atoms with Gasteiger partial charge in [-0.2, -0.15) is 18.3 Å². The smallest absolute Gasteiger partial charge is 0.416 e. The first kappa shape index (κ1) is 26.7. The van der Waals surface area contributed by atoms with Gasteiger partial charge in [0.05, 0.1) is 11.1 Å². The molecule has 0 radical (unpaired) electrons. The molecule has 1 unspecified atom stereocenters. The number of aryl methyl sites for hydroxylation is 2. The molecule has 1 heterocycles. The second-order valence-corrected chi connectivity index (χ2v) is 9.71. The van der Waals surface area contributed by atoms with Crippen LogP contribution < -0.4 is 0 Å². The van der Waals surface area contributed by atoms with E-state index in [-0.39, 0.29) is 29.1 Å². The molecule has 40 heavy (non-hydrogen) atoms. The van der Waals surface area contributed by atoms with Crippen LogP contribution in [0, 0.1) is 13.8 Å². The Morgan fingerprint density at radius 3 is 2.48 bits per heavy atom. The van der Waals surface area contributed by atoms with Crippen molar-refractivity contribution in [1.29, 1.82) is 0 Å². The number of phenolic OH excluding ortho intramolecular Hbond substituents is 1. The Kier molecular flexibility index (Phi) is 6.49. The van der Waals surface area contributed by atoms with Crippen molar-refractivity contribution in [1.82, 2.24) is 4.57 Å². The van der Waals surface area contributed by atoms with Gasteiger partial charge < -0.3 is 15.3 Å². The standard InChI is InChI=1S/C30H24F3N3O4/c1-17-13-18(2)25-23(14-17)36(21-9-5-8-20(15-21)30(31,32)33)27(38)26(25)34-35-29(22-10-3-4-11-24(22)37)12-6-7-19(16-29)28(39)40/h3-15,37-38H,16H2,1-2H3,(H,39,40). The first-order valence-electron chi connectivity index (χ1n) is 12.3. The Morgan fingerprint density at radius 2 is 1.77 bits per heavy atom. The van der Waals surface area contributed by atoms with Crippen LogP contribution >= 0.6 is 0 Å². The van der Waals surface area contributed by atoms with Gasteiger partial charge >= 0.3 is 12.1 Å². The summed E-state index contributed by atoms with van der Waals surface area (Å²) in [5, 5.41) is 41.1. The molecule has 0 fully saturated rings. The summed E-state index contributed by atoms with van der Waals surface area (Å²) >= 11 is 0. The fourth-order valence-corrected chi connectivity index (χ4v) is 5.10. The zero-order valence-corrected chi connectivity index (χ0v) is 21.4. The predicted octanol–water partition coefficient (Wildman–Crippen LogP) is 7.63. The van der Waals surface area contributed by atoms with Gasteiger partial charge in [-0.05, 0) is 55.3 Å². The van der Waals surface area contributed by atoms with Crippen molar-refractivity contribution in [3.63, 3.8) is 0 Å². The van der Waals surface area contributed by atoms with E-state index in [1.165, 1.54) is 34.9 Å². The van der Waals surface area contributed by atoms with Crippen molar-refractivity contribution in [2.45, 2.75) is 32.0 Å². The van der Waals surface area contributed by atoms with E-state index < -0.39 is 29.1 Å². The minimum absolute atomic E-state index is 0.000430. The number of aromatic hydroxyl groups is 2. The van der Waals surface area contributed by atoms with E-state index in [2.05, 4.69) is 10.2 Å². The quantitative estimate of drug-likeness (QED) is 0.223. The summed E-state index contributed by atoms with van der Waals surface area (Å²) in [5.74, 6) is -1.72. The van der Waals surface area contributed by atoms with E-state index in [9.17, 15) is 33.3 Å². The highest BCUT2D eigenvalue weighted by Crippen LogP contribution is 2.47. The van der Waals surface area contributed by atoms with E-state index in [1.54, 1.807) is 37.3 Å². The van der Waals surface area contributed by atoms with Crippen molar-refractivity contribution >= 4 is 22.6 Å². The van der Waals surface area contributed by atoms with Crippen molar-refractivity contribution in [2.24, 2.45) is 10.2 Å². The van der Waals surface area contributed by atoms with Crippen molar-refractivity contribution in [3.8, 4) is 17.3 Å². The van der Waals surface area contributed by atoms with E-state index in [4.69, 9.17) is 0 Å². The fourth-order valence-electron chi connectivity index (χ4n) is 5.10. The van der Waals surface area contributed by atoms with E-state index >= 15 is 0 Å². The second kappa shape index (κ2) is 9.71. The van der Waals surface area contributed by atoms with Gasteiger partial charge in [-0.25, -0.2) is 4.79 Å². The molecule has 1 aliphatic rings. The number of hydrogen-bond donors (Lipinski definition) is 3. The first-order valence-corrected chi connectivity index (χ1v) is 12.3. The average Bonchev–Trinajstić information content (AvgIpc) is 3.18. The van der Waals surface area contributed by atoms with Crippen LogP contribution in [0.4, 0.5) is 18.9 Å². The predicted molar refractivity (Wildman–Crippen MR) is 143 cm³/mol. The maximum Gasteiger partial charge on any atom is 0.416 e. The third-order valence-corrected chi connectivity index (χ3v) is 6.89. The van der Waals surface area contributed by atoms with E-state index in [0.717, 1.165) is 17.7 Å². The van der Waals surface area contributed by atoms with Crippen LogP contribution in [-0.4, -0.2) is 25.9 Å². The number of hydrogen-bond acceptors (Lipinski definition) is 5. The molecule has 0 amide bonds. The van der Waals surface area contributed by atoms with Gasteiger partial charge in [-0.15, -0.1) is 5.11 Å². The summed E-state index contributed by atoms with van der Waals surface area (Å²) in [7, 11) is 0. The summed E-state index contributed by atoms with van der Waals surface area (Å²) in [5.41, 5.74) is 0.0461. The summed E-state index contributed by atoms with van der Waals surface area (Å²) in [6, 6.07) is 14.5. The number of rotatable bonds is 5. The number of aliphatic carboxylic acids is 1. The third kappa shape index (κ3) is 4.61. The SMILES string of the molecule is Cc1cc(C)c2c(N=NC3(c4ccccc4O)C=CC=C(C(=O)O)C3)c(O)n(-c3cccc(C(F)(F)F)c3)c2c1. The number of benzene rings is 3. The number of carboxylic acid groups (broad SMARTS) is 1. The molecule has 204 valence electrons. The zero-order valence-electron chi connectivity index (χ0n) is 21.4. The van der Waals surface area contributed by atoms with Crippen molar-refractivity contribution in [2.75, 3.05) is 0 Å². The summed E-state index contributed by atoms with van der Waals surface area (Å²) in [4.78, 5) is 11.8. The van der Waals surface area contributed by atoms with Crippen LogP contribution in [0.2, 0.25) is 0 Å². The number of alkyl halides is 3. The Hall–Kier alpha value is -4.86. The number of carboxylic acids is 1. The molecule has 3 aromatic carbocycles. The third-order valence-electron chi connectivity index (χ3n) is 6.89. The van der Waals surface area contributed by atoms with Crippen LogP contribution in [0.25, 0.3) is 16.6 Å². The maximum atomic E-state index is 13.5. The summed E-state index contributed by atoms with van der Waals surface area (Å²) in [6.45, 7) is 3.61. The summed E-state index contributed by atoms with van der Waals surface area (Å²) < 4.78 is 41.8. The normalized spacial score (nSPS) is 17.5. The molecule has 10 heteroatoms. The van der Waals surface area contributed by atoms with Crippen LogP contribution in [-0.2, 0) is 16.5 Å². The molecule has 3 N–H and O–H groups in total. The van der Waals surface area contributed by atoms with Crippen LogP contribution in [0.5, 0.6) is 11.6 Å². The van der Waals surface area contributed by atoms with Gasteiger partial charge in [-0.1, -0.05) is 48.6 Å². The number of carbonyl (C=O) groups is 1. The van der Waals surface area contributed by atoms with E-state index in [0.29, 0.717) is 22.0 Å². The maximum absolute atomic E-state index is 13.5. The Balaban J connectivity index is 1.75. The highest BCUT2D eigenvalue weighted by atomic mass is 19.4. The van der Waals surface area contributed by atoms with Crippen LogP contribution in [0.3, 0.4) is 0 Å². The fraction of sp³-hybridized carbons (Fsp3) is 0.167. The number of allylic oxidation sites excluding steroid dienone is 2. The minimum Gasteiger partial charge on any atom is -0.508 e. The molecular weight excluding hydrogens is 523 g/mol. The minimum atomic E-state index is -4.59. The average molecular weight is 548 g/mol. The lowest BCUT2D eigenvalue weighted by atomic mass is 9.81. The van der Waals surface area contributed by atoms with Crippen molar-refractivity contribution < 1.29 is 33.3 Å². The lowest BCUT2D eigenvalue weighted by Gasteiger charge is -2.28. The second-order valence-electron chi connectivity index (χ2n) is 9.71. The number of halogens is 3. The molecule has 1 aromatic heterocycles. The molecule has 4 aromatic rings. The van der Waals surface area contributed by atoms with Crippen molar-refractivity contribution in [3.05, 3.63) is 107 Å². The molecule has 0 bridgehead atoms. The number of nitrogens with zero attached hydrogens (tertiary/aromatic N) is 3. The highest BCUT2D eigenvalue weighted by Gasteiger charge is 2.37. The number of phenols is 1. The monoisotopic (exact) mass is 547 g/mol. The Bertz CT molecular complexity index is 1750. The number of aromatic nitrogens is 1. The lowest BCUT2D eigenvalue weighted by molar-refractivity contribution is -0.137. The molecule has 0 spiro atoms. The number of azo groups is 1. The zero-order chi connectivity index (χ0) is 28.8. The Morgan fingerprint density at radius 1 is 1.02 bits per heavy atom. The first-order chi connectivity index (χ1) is 18.9. The number of fused-ring (bicyclic) bond motifs is 1. The van der Waals surface area contributed by atoms with Gasteiger partial charge in [0.15, 0.2) is 5.69 Å². The van der Waals surface area contributed by atoms with Gasteiger partial charge in [0, 0.05) is 28.6 Å². The molecule has 0 saturated carbocycles. The largest absolute Gasteiger partial charge is 0.508 e. The van der Waals surface area contributed by atoms with Gasteiger partial charge in [0.1, 0.15) is 11.3 Å². The van der Waals surface area contributed by atoms with Gasteiger partial charge in [0.2, 0.25) is 5.88 Å². The molecule has 1 aliphatic carbocycles. The molecule has 1 atom stereocenters. The van der Waals surface area contributed by atoms with Crippen LogP contribution in [0.15, 0.2) is 94.7 Å². The molecule has 5 rings (SSSR count). The Labute approximate surface area is 226 Å². The summed E-state index contributed by atoms with van der Waals surface area (Å²) in [6.07, 6.45) is -0.169. The highest BCUT2D eigenvalue weighted by molar-refractivity contribution is 5.99. The van der Waals surface area contributed by atoms with E-state index in [1.807, 2.05) is 13.0 Å². The van der Waals surface area contributed by atoms with Crippen LogP contribution in [0.1, 0.15) is 28.7 Å². The van der Waals surface area contributed by atoms with Gasteiger partial charge in [0.25, 0.3) is 0 Å². The molecule has 7 nitrogen and oxygen atoms in total. The molecule has 0 saturated heterocycles. The van der Waals surface area contributed by atoms with Gasteiger partial charge in [-0.3, -0.25) is 4.57 Å². The number of para-hydroxylation sites is 1.